The molecule has 0 amide bonds. The largest absolute Gasteiger partial charge is 1.00 e. The van der Waals surface area contributed by atoms with Gasteiger partial charge in [-0.15, -0.1) is 20.5 Å². The Bertz CT molecular complexity index is 2150. The van der Waals surface area contributed by atoms with Gasteiger partial charge in [-0.05, 0) is 54.3 Å². The number of aryl methyl sites for hydroxylation is 1. The number of carbonyl (C=O) groups excluding carboxylic acids is 2. The molecule has 0 radical (unpaired) electrons. The average molecular weight is 718 g/mol. The number of phenols is 1. The number of nitrogens with zero attached hydrogens (tertiary/aromatic N) is 4. The number of hydrogen-bond acceptors (Lipinski definition) is 16. The smallest absolute Gasteiger partial charge is 0.744 e. The minimum absolute atomic E-state index is 0. The van der Waals surface area contributed by atoms with E-state index in [9.17, 15) is 50.8 Å². The molecule has 47 heavy (non-hydrogen) atoms. The second-order valence-electron chi connectivity index (χ2n) is 8.71. The van der Waals surface area contributed by atoms with Gasteiger partial charge in [-0.3, -0.25) is 0 Å². The minimum Gasteiger partial charge on any atom is -0.744 e. The molecule has 0 atom stereocenters. The molecular weight excluding hydrogens is 702 g/mol. The summed E-state index contributed by atoms with van der Waals surface area (Å²) < 4.78 is 70.1. The number of rotatable bonds is 8. The molecule has 0 aliphatic heterocycles. The predicted molar refractivity (Wildman–Crippen MR) is 141 cm³/mol. The van der Waals surface area contributed by atoms with Crippen molar-refractivity contribution in [2.75, 3.05) is 5.73 Å². The summed E-state index contributed by atoms with van der Waals surface area (Å²) in [7, 11) is -10.4. The number of hydrogen-bond donors (Lipinski definition) is 2. The molecule has 22 heteroatoms. The fraction of sp³-hybridized carbons (Fsp3) is 0.0400. The van der Waals surface area contributed by atoms with Crippen LogP contribution in [0, 0.1) is 6.92 Å². The van der Waals surface area contributed by atoms with Gasteiger partial charge in [0.05, 0.1) is 44.2 Å². The minimum atomic E-state index is -5.32. The second kappa shape index (κ2) is 18.1. The third-order valence-electron chi connectivity index (χ3n) is 5.93. The number of aromatic carboxylic acids is 2. The van der Waals surface area contributed by atoms with Crippen molar-refractivity contribution in [2.45, 2.75) is 16.7 Å². The van der Waals surface area contributed by atoms with Crippen molar-refractivity contribution < 1.29 is 169 Å². The van der Waals surface area contributed by atoms with E-state index in [1.807, 2.05) is 0 Å². The van der Waals surface area contributed by atoms with Gasteiger partial charge in [0, 0.05) is 11.1 Å². The van der Waals surface area contributed by atoms with Gasteiger partial charge in [0.2, 0.25) is 0 Å². The molecule has 3 N–H and O–H groups in total. The van der Waals surface area contributed by atoms with Crippen molar-refractivity contribution in [1.82, 2.24) is 0 Å². The predicted octanol–water partition coefficient (Wildman–Crippen LogP) is -10.2. The summed E-state index contributed by atoms with van der Waals surface area (Å²) in [6.07, 6.45) is 0. The van der Waals surface area contributed by atoms with Gasteiger partial charge in [0.25, 0.3) is 0 Å². The van der Waals surface area contributed by atoms with E-state index in [4.69, 9.17) is 5.73 Å². The first-order valence-electron chi connectivity index (χ1n) is 11.5. The Morgan fingerprint density at radius 2 is 1.26 bits per heavy atom. The first kappa shape index (κ1) is 45.7. The van der Waals surface area contributed by atoms with Gasteiger partial charge in [-0.2, -0.15) is 0 Å². The van der Waals surface area contributed by atoms with E-state index < -0.39 is 70.3 Å². The first-order chi connectivity index (χ1) is 20.0. The third kappa shape index (κ3) is 10.4. The van der Waals surface area contributed by atoms with Crippen LogP contribution in [-0.2, 0) is 20.2 Å². The Balaban J connectivity index is 0.00000529. The Labute approximate surface area is 355 Å². The van der Waals surface area contributed by atoms with Crippen LogP contribution in [-0.4, -0.2) is 43.0 Å². The SMILES string of the molecule is Cc1cc2cc(S(=O)(=O)[O-])c(N=Nc3ccc(S(=O)(=O)[O-])cc3C(=O)[O-])c(N)c2c(O)c1N=Nc1ccccc1C(=O)[O-].[Na+].[Na+].[Na+].[Na+]. The molecule has 0 spiro atoms. The maximum atomic E-state index is 12.1. The number of phenolic OH excluding ortho intramolecular Hbond substituents is 1. The number of nitrogen functional groups attached to an aromatic ring is 1. The first-order valence-corrected chi connectivity index (χ1v) is 14.3. The monoisotopic (exact) mass is 717 g/mol. The molecule has 0 aromatic heterocycles. The summed E-state index contributed by atoms with van der Waals surface area (Å²) in [6, 6.07) is 9.50. The average Bonchev–Trinajstić information content (AvgIpc) is 2.90. The van der Waals surface area contributed by atoms with Crippen molar-refractivity contribution in [3.8, 4) is 5.75 Å². The molecule has 0 aliphatic rings. The molecule has 222 valence electrons. The summed E-state index contributed by atoms with van der Waals surface area (Å²) in [4.78, 5) is 21.0. The number of azo groups is 2. The van der Waals surface area contributed by atoms with Crippen LogP contribution >= 0.6 is 0 Å². The molecular formula is C25H15N5Na4O11S2. The number of carboxylic acid groups (broad SMARTS) is 2. The molecule has 16 nitrogen and oxygen atoms in total. The number of anilines is 1. The van der Waals surface area contributed by atoms with Crippen LogP contribution in [0.3, 0.4) is 0 Å². The summed E-state index contributed by atoms with van der Waals surface area (Å²) in [5, 5.41) is 48.6. The van der Waals surface area contributed by atoms with Crippen LogP contribution in [0.15, 0.2) is 84.8 Å². The van der Waals surface area contributed by atoms with Crippen molar-refractivity contribution in [1.29, 1.82) is 0 Å². The normalized spacial score (nSPS) is 11.3. The van der Waals surface area contributed by atoms with E-state index in [1.165, 1.54) is 37.3 Å². The Kier molecular flexibility index (Phi) is 17.6. The van der Waals surface area contributed by atoms with Gasteiger partial charge in [-0.25, -0.2) is 16.8 Å². The van der Waals surface area contributed by atoms with Crippen molar-refractivity contribution >= 4 is 71.4 Å². The quantitative estimate of drug-likeness (QED) is 0.0744. The molecule has 0 aliphatic carbocycles. The van der Waals surface area contributed by atoms with Crippen molar-refractivity contribution in [3.05, 3.63) is 71.3 Å². The Morgan fingerprint density at radius 3 is 1.79 bits per heavy atom. The van der Waals surface area contributed by atoms with Crippen molar-refractivity contribution in [3.63, 3.8) is 0 Å². The second-order valence-corrected chi connectivity index (χ2v) is 11.4. The fourth-order valence-corrected chi connectivity index (χ4v) is 5.11. The molecule has 0 bridgehead atoms. The molecule has 0 saturated heterocycles. The maximum absolute atomic E-state index is 12.1. The molecule has 4 aromatic carbocycles. The molecule has 0 unspecified atom stereocenters. The molecule has 0 saturated carbocycles. The molecule has 4 rings (SSSR count). The Hall–Kier alpha value is -1.30. The molecule has 0 heterocycles. The van der Waals surface area contributed by atoms with E-state index in [-0.39, 0.29) is 152 Å². The van der Waals surface area contributed by atoms with E-state index in [2.05, 4.69) is 20.5 Å². The molecule has 0 fully saturated rings. The number of carbonyl (C=O) groups is 2. The van der Waals surface area contributed by atoms with Gasteiger partial charge >= 0.3 is 118 Å². The molecule has 4 aromatic rings. The van der Waals surface area contributed by atoms with Crippen LogP contribution in [0.2, 0.25) is 0 Å². The van der Waals surface area contributed by atoms with Gasteiger partial charge in [-0.1, -0.05) is 18.2 Å². The fourth-order valence-electron chi connectivity index (χ4n) is 3.96. The van der Waals surface area contributed by atoms with Crippen LogP contribution in [0.5, 0.6) is 5.75 Å². The number of benzene rings is 4. The number of carboxylic acids is 2. The van der Waals surface area contributed by atoms with Crippen LogP contribution in [0.25, 0.3) is 10.8 Å². The zero-order valence-electron chi connectivity index (χ0n) is 25.4. The third-order valence-corrected chi connectivity index (χ3v) is 7.61. The number of nitrogens with two attached hydrogens (primary N) is 1. The maximum Gasteiger partial charge on any atom is 1.00 e. The standard InChI is InChI=1S/C25H19N5O11S2.4Na/c1-11-8-12-9-18(43(39,40)41)22(30-28-17-7-6-13(42(36,37)38)10-15(17)25(34)35)20(26)19(12)23(31)21(11)29-27-16-5-3-2-4-14(16)24(32)33;;;;/h2-10,31H,26H2,1H3,(H,32,33)(H,34,35)(H,36,37,38)(H,39,40,41);;;;/q;4*+1/p-4. The van der Waals surface area contributed by atoms with Gasteiger partial charge in [0.15, 0.2) is 5.75 Å². The van der Waals surface area contributed by atoms with E-state index in [0.717, 1.165) is 12.1 Å². The zero-order chi connectivity index (χ0) is 31.9. The summed E-state index contributed by atoms with van der Waals surface area (Å²) >= 11 is 0. The van der Waals surface area contributed by atoms with Crippen LogP contribution < -0.4 is 134 Å². The Morgan fingerprint density at radius 1 is 0.723 bits per heavy atom. The zero-order valence-corrected chi connectivity index (χ0v) is 35.0. The van der Waals surface area contributed by atoms with Crippen LogP contribution in [0.1, 0.15) is 26.3 Å². The number of fused-ring (bicyclic) bond motifs is 1. The van der Waals surface area contributed by atoms with E-state index in [1.54, 1.807) is 0 Å². The summed E-state index contributed by atoms with van der Waals surface area (Å²) in [5.41, 5.74) is 2.74. The van der Waals surface area contributed by atoms with E-state index >= 15 is 0 Å². The number of aromatic hydroxyl groups is 1. The van der Waals surface area contributed by atoms with Crippen molar-refractivity contribution in [2.24, 2.45) is 20.5 Å². The summed E-state index contributed by atoms with van der Waals surface area (Å²) in [6.45, 7) is 1.45. The van der Waals surface area contributed by atoms with Gasteiger partial charge in [0.1, 0.15) is 31.6 Å². The van der Waals surface area contributed by atoms with Crippen LogP contribution in [0.4, 0.5) is 28.4 Å². The summed E-state index contributed by atoms with van der Waals surface area (Å²) in [5.74, 6) is -4.18. The van der Waals surface area contributed by atoms with Gasteiger partial charge < -0.3 is 39.7 Å². The van der Waals surface area contributed by atoms with E-state index in [0.29, 0.717) is 12.1 Å². The topological polar surface area (TPSA) is 290 Å².